The number of carboxylic acid groups (broad SMARTS) is 1. The number of halogens is 3. The maximum atomic E-state index is 12.0. The van der Waals surface area contributed by atoms with Gasteiger partial charge in [-0.2, -0.15) is 13.2 Å². The lowest BCUT2D eigenvalue weighted by Gasteiger charge is -2.07. The molecule has 0 saturated carbocycles. The molecule has 0 atom stereocenters. The lowest BCUT2D eigenvalue weighted by molar-refractivity contribution is -0.137. The Labute approximate surface area is 89.1 Å². The molecule has 0 heterocycles. The summed E-state index contributed by atoms with van der Waals surface area (Å²) in [6, 6.07) is 2.37. The largest absolute Gasteiger partial charge is 0.506 e. The van der Waals surface area contributed by atoms with Gasteiger partial charge in [0.05, 0.1) is 11.3 Å². The van der Waals surface area contributed by atoms with Crippen molar-refractivity contribution in [2.24, 2.45) is 0 Å². The molecule has 0 radical (unpaired) electrons. The van der Waals surface area contributed by atoms with Gasteiger partial charge in [-0.05, 0) is 18.2 Å². The molecular formula is C9H10F3NO3. The molecule has 1 rings (SSSR count). The van der Waals surface area contributed by atoms with Crippen molar-refractivity contribution in [3.05, 3.63) is 23.8 Å². The normalized spacial score (nSPS) is 10.2. The molecule has 0 spiro atoms. The van der Waals surface area contributed by atoms with Crippen LogP contribution in [0.4, 0.5) is 18.9 Å². The first-order valence-corrected chi connectivity index (χ1v) is 3.99. The Morgan fingerprint density at radius 2 is 1.81 bits per heavy atom. The third-order valence-electron chi connectivity index (χ3n) is 1.35. The standard InChI is InChI=1S/C7H6F3NO.C2H4O2/c8-7(9,10)4-1-2-6(12)5(11)3-4;1-2(3)4/h1-3,12H,11H2;1H3,(H,3,4). The number of phenols is 1. The molecular weight excluding hydrogens is 227 g/mol. The van der Waals surface area contributed by atoms with Crippen molar-refractivity contribution in [3.63, 3.8) is 0 Å². The molecule has 0 aliphatic heterocycles. The van der Waals surface area contributed by atoms with E-state index in [2.05, 4.69) is 0 Å². The van der Waals surface area contributed by atoms with E-state index in [1.54, 1.807) is 0 Å². The van der Waals surface area contributed by atoms with Crippen LogP contribution in [0.1, 0.15) is 12.5 Å². The van der Waals surface area contributed by atoms with Gasteiger partial charge in [0.15, 0.2) is 0 Å². The van der Waals surface area contributed by atoms with Crippen molar-refractivity contribution in [3.8, 4) is 5.75 Å². The molecule has 1 aromatic carbocycles. The van der Waals surface area contributed by atoms with Gasteiger partial charge >= 0.3 is 6.18 Å². The van der Waals surface area contributed by atoms with Crippen molar-refractivity contribution < 1.29 is 28.2 Å². The number of aromatic hydroxyl groups is 1. The Morgan fingerprint density at radius 3 is 2.12 bits per heavy atom. The maximum Gasteiger partial charge on any atom is 0.416 e. The van der Waals surface area contributed by atoms with Crippen LogP contribution < -0.4 is 5.73 Å². The zero-order valence-corrected chi connectivity index (χ0v) is 8.25. The monoisotopic (exact) mass is 237 g/mol. The lowest BCUT2D eigenvalue weighted by atomic mass is 10.2. The van der Waals surface area contributed by atoms with E-state index in [0.717, 1.165) is 19.1 Å². The topological polar surface area (TPSA) is 83.5 Å². The van der Waals surface area contributed by atoms with Gasteiger partial charge in [0.2, 0.25) is 0 Å². The van der Waals surface area contributed by atoms with Gasteiger partial charge in [-0.15, -0.1) is 0 Å². The van der Waals surface area contributed by atoms with Crippen LogP contribution in [0.25, 0.3) is 0 Å². The third kappa shape index (κ3) is 5.08. The summed E-state index contributed by atoms with van der Waals surface area (Å²) in [5, 5.41) is 16.2. The van der Waals surface area contributed by atoms with Crippen LogP contribution in [0.2, 0.25) is 0 Å². The van der Waals surface area contributed by atoms with Crippen LogP contribution in [0.15, 0.2) is 18.2 Å². The SMILES string of the molecule is CC(=O)O.Nc1cc(C(F)(F)F)ccc1O. The number of hydrogen-bond acceptors (Lipinski definition) is 3. The second kappa shape index (κ2) is 5.24. The van der Waals surface area contributed by atoms with Crippen LogP contribution in [0.5, 0.6) is 5.75 Å². The quantitative estimate of drug-likeness (QED) is 0.476. The minimum atomic E-state index is -4.41. The number of benzene rings is 1. The first kappa shape index (κ1) is 14.1. The Hall–Kier alpha value is -1.92. The first-order chi connectivity index (χ1) is 7.14. The van der Waals surface area contributed by atoms with Crippen LogP contribution in [0.3, 0.4) is 0 Å². The van der Waals surface area contributed by atoms with E-state index in [0.29, 0.717) is 6.07 Å². The highest BCUT2D eigenvalue weighted by atomic mass is 19.4. The summed E-state index contributed by atoms with van der Waals surface area (Å²) >= 11 is 0. The summed E-state index contributed by atoms with van der Waals surface area (Å²) in [6.45, 7) is 1.08. The van der Waals surface area contributed by atoms with E-state index in [1.165, 1.54) is 0 Å². The molecule has 0 unspecified atom stereocenters. The highest BCUT2D eigenvalue weighted by Gasteiger charge is 2.30. The molecule has 0 amide bonds. The zero-order valence-electron chi connectivity index (χ0n) is 8.25. The second-order valence-electron chi connectivity index (χ2n) is 2.79. The van der Waals surface area contributed by atoms with E-state index in [4.69, 9.17) is 20.7 Å². The minimum Gasteiger partial charge on any atom is -0.506 e. The van der Waals surface area contributed by atoms with Crippen molar-refractivity contribution in [1.29, 1.82) is 0 Å². The summed E-state index contributed by atoms with van der Waals surface area (Å²) in [5.74, 6) is -1.18. The van der Waals surface area contributed by atoms with Crippen LogP contribution >= 0.6 is 0 Å². The number of nitrogen functional groups attached to an aromatic ring is 1. The molecule has 0 bridgehead atoms. The first-order valence-electron chi connectivity index (χ1n) is 3.99. The number of carboxylic acids is 1. The highest BCUT2D eigenvalue weighted by molar-refractivity contribution is 5.62. The number of alkyl halides is 3. The van der Waals surface area contributed by atoms with Crippen molar-refractivity contribution in [2.75, 3.05) is 5.73 Å². The predicted octanol–water partition coefficient (Wildman–Crippen LogP) is 2.08. The summed E-state index contributed by atoms with van der Waals surface area (Å²) in [7, 11) is 0. The van der Waals surface area contributed by atoms with Gasteiger partial charge in [-0.25, -0.2) is 0 Å². The Kier molecular flexibility index (Phi) is 4.61. The number of rotatable bonds is 0. The van der Waals surface area contributed by atoms with Gasteiger partial charge < -0.3 is 15.9 Å². The Balaban J connectivity index is 0.000000487. The highest BCUT2D eigenvalue weighted by Crippen LogP contribution is 2.32. The van der Waals surface area contributed by atoms with Gasteiger partial charge in [0.1, 0.15) is 5.75 Å². The smallest absolute Gasteiger partial charge is 0.416 e. The molecule has 0 saturated heterocycles. The number of aliphatic carboxylic acids is 1. The fourth-order valence-corrected chi connectivity index (χ4v) is 0.731. The average Bonchev–Trinajstić information content (AvgIpc) is 2.06. The van der Waals surface area contributed by atoms with E-state index >= 15 is 0 Å². The Morgan fingerprint density at radius 1 is 1.38 bits per heavy atom. The van der Waals surface area contributed by atoms with Gasteiger partial charge in [-0.3, -0.25) is 4.79 Å². The second-order valence-corrected chi connectivity index (χ2v) is 2.79. The summed E-state index contributed by atoms with van der Waals surface area (Å²) < 4.78 is 35.9. The molecule has 16 heavy (non-hydrogen) atoms. The van der Waals surface area contributed by atoms with E-state index < -0.39 is 17.7 Å². The average molecular weight is 237 g/mol. The molecule has 0 fully saturated rings. The summed E-state index contributed by atoms with van der Waals surface area (Å²) in [4.78, 5) is 9.00. The molecule has 90 valence electrons. The predicted molar refractivity (Wildman–Crippen MR) is 50.8 cm³/mol. The fourth-order valence-electron chi connectivity index (χ4n) is 0.731. The van der Waals surface area contributed by atoms with Crippen LogP contribution in [0, 0.1) is 0 Å². The number of anilines is 1. The number of carbonyl (C=O) groups is 1. The Bertz CT molecular complexity index is 373. The van der Waals surface area contributed by atoms with Gasteiger partial charge in [0, 0.05) is 6.92 Å². The molecule has 4 nitrogen and oxygen atoms in total. The summed E-state index contributed by atoms with van der Waals surface area (Å²) in [6.07, 6.45) is -4.41. The number of nitrogens with two attached hydrogens (primary N) is 1. The van der Waals surface area contributed by atoms with E-state index in [1.807, 2.05) is 0 Å². The van der Waals surface area contributed by atoms with Crippen molar-refractivity contribution >= 4 is 11.7 Å². The number of hydrogen-bond donors (Lipinski definition) is 3. The van der Waals surface area contributed by atoms with Crippen molar-refractivity contribution in [1.82, 2.24) is 0 Å². The van der Waals surface area contributed by atoms with Crippen LogP contribution in [-0.4, -0.2) is 16.2 Å². The fraction of sp³-hybridized carbons (Fsp3) is 0.222. The van der Waals surface area contributed by atoms with Gasteiger partial charge in [0.25, 0.3) is 5.97 Å². The van der Waals surface area contributed by atoms with Crippen molar-refractivity contribution in [2.45, 2.75) is 13.1 Å². The molecule has 0 aliphatic rings. The third-order valence-corrected chi connectivity index (χ3v) is 1.35. The maximum absolute atomic E-state index is 12.0. The molecule has 1 aromatic rings. The molecule has 7 heteroatoms. The van der Waals surface area contributed by atoms with E-state index in [9.17, 15) is 13.2 Å². The molecule has 4 N–H and O–H groups in total. The molecule has 0 aliphatic carbocycles. The van der Waals surface area contributed by atoms with Gasteiger partial charge in [-0.1, -0.05) is 0 Å². The molecule has 0 aromatic heterocycles. The summed E-state index contributed by atoms with van der Waals surface area (Å²) in [5.41, 5.74) is 3.93. The number of phenolic OH excluding ortho intramolecular Hbond substituents is 1. The minimum absolute atomic E-state index is 0.273. The van der Waals surface area contributed by atoms with Crippen LogP contribution in [-0.2, 0) is 11.0 Å². The lowest BCUT2D eigenvalue weighted by Crippen LogP contribution is -2.05. The zero-order chi connectivity index (χ0) is 12.9. The van der Waals surface area contributed by atoms with E-state index in [-0.39, 0.29) is 11.4 Å².